The molecule has 1 nitrogen and oxygen atoms in total. The summed E-state index contributed by atoms with van der Waals surface area (Å²) in [4.78, 5) is 0. The first-order chi connectivity index (χ1) is 9.32. The number of halogens is 3. The molecule has 0 fully saturated rings. The molecule has 2 aromatic carbocycles. The summed E-state index contributed by atoms with van der Waals surface area (Å²) in [5.74, 6) is -0.257. The van der Waals surface area contributed by atoms with Crippen LogP contribution in [0.25, 0.3) is 0 Å². The lowest BCUT2D eigenvalue weighted by Crippen LogP contribution is -2.33. The topological polar surface area (TPSA) is 26.0 Å². The summed E-state index contributed by atoms with van der Waals surface area (Å²) in [6, 6.07) is 11.5. The van der Waals surface area contributed by atoms with Crippen LogP contribution in [0.2, 0.25) is 10.0 Å². The first-order valence-corrected chi connectivity index (χ1v) is 7.04. The SMILES string of the molecule is CC(C)(c1ccc(F)cc1)C(N)c1ccc(Cl)c(Cl)c1. The van der Waals surface area contributed by atoms with Gasteiger partial charge in [0.2, 0.25) is 0 Å². The van der Waals surface area contributed by atoms with Crippen molar-refractivity contribution in [2.24, 2.45) is 5.73 Å². The van der Waals surface area contributed by atoms with Crippen LogP contribution in [-0.4, -0.2) is 0 Å². The van der Waals surface area contributed by atoms with Gasteiger partial charge < -0.3 is 5.73 Å². The van der Waals surface area contributed by atoms with Crippen molar-refractivity contribution in [3.8, 4) is 0 Å². The maximum Gasteiger partial charge on any atom is 0.123 e. The summed E-state index contributed by atoms with van der Waals surface area (Å²) in [6.45, 7) is 4.04. The fraction of sp³-hybridized carbons (Fsp3) is 0.250. The minimum absolute atomic E-state index is 0.257. The molecule has 0 saturated heterocycles. The second kappa shape index (κ2) is 5.72. The molecule has 0 bridgehead atoms. The normalized spacial score (nSPS) is 13.3. The minimum Gasteiger partial charge on any atom is -0.323 e. The fourth-order valence-corrected chi connectivity index (χ4v) is 2.49. The van der Waals surface area contributed by atoms with E-state index in [0.29, 0.717) is 10.0 Å². The number of rotatable bonds is 3. The summed E-state index contributed by atoms with van der Waals surface area (Å²) in [5, 5.41) is 0.983. The average Bonchev–Trinajstić information content (AvgIpc) is 2.41. The largest absolute Gasteiger partial charge is 0.323 e. The van der Waals surface area contributed by atoms with Crippen molar-refractivity contribution in [2.75, 3.05) is 0 Å². The van der Waals surface area contributed by atoms with Gasteiger partial charge in [0.25, 0.3) is 0 Å². The minimum atomic E-state index is -0.356. The molecule has 2 rings (SSSR count). The Morgan fingerprint density at radius 3 is 2.15 bits per heavy atom. The number of hydrogen-bond donors (Lipinski definition) is 1. The maximum atomic E-state index is 13.0. The van der Waals surface area contributed by atoms with E-state index in [1.54, 1.807) is 24.3 Å². The Hall–Kier alpha value is -1.09. The highest BCUT2D eigenvalue weighted by molar-refractivity contribution is 6.42. The van der Waals surface area contributed by atoms with Gasteiger partial charge in [-0.1, -0.05) is 55.2 Å². The van der Waals surface area contributed by atoms with Crippen molar-refractivity contribution in [3.63, 3.8) is 0 Å². The van der Waals surface area contributed by atoms with Gasteiger partial charge in [0.15, 0.2) is 0 Å². The molecule has 4 heteroatoms. The van der Waals surface area contributed by atoms with Crippen molar-refractivity contribution in [3.05, 3.63) is 69.5 Å². The molecule has 0 aliphatic heterocycles. The summed E-state index contributed by atoms with van der Waals surface area (Å²) in [7, 11) is 0. The van der Waals surface area contributed by atoms with E-state index in [1.807, 2.05) is 19.9 Å². The number of hydrogen-bond acceptors (Lipinski definition) is 1. The van der Waals surface area contributed by atoms with E-state index in [9.17, 15) is 4.39 Å². The van der Waals surface area contributed by atoms with E-state index in [4.69, 9.17) is 28.9 Å². The third-order valence-corrected chi connectivity index (χ3v) is 4.41. The molecular weight excluding hydrogens is 296 g/mol. The van der Waals surface area contributed by atoms with E-state index in [1.165, 1.54) is 12.1 Å². The van der Waals surface area contributed by atoms with Crippen LogP contribution in [-0.2, 0) is 5.41 Å². The van der Waals surface area contributed by atoms with Gasteiger partial charge in [0.1, 0.15) is 5.82 Å². The Labute approximate surface area is 128 Å². The molecule has 106 valence electrons. The molecule has 0 aliphatic rings. The van der Waals surface area contributed by atoms with E-state index in [-0.39, 0.29) is 17.3 Å². The van der Waals surface area contributed by atoms with Crippen LogP contribution in [0.4, 0.5) is 4.39 Å². The van der Waals surface area contributed by atoms with Crippen LogP contribution in [0.15, 0.2) is 42.5 Å². The summed E-state index contributed by atoms with van der Waals surface area (Å²) >= 11 is 12.0. The van der Waals surface area contributed by atoms with Crippen LogP contribution < -0.4 is 5.73 Å². The van der Waals surface area contributed by atoms with Gasteiger partial charge in [-0.05, 0) is 35.4 Å². The predicted molar refractivity (Wildman–Crippen MR) is 82.8 cm³/mol. The summed E-state index contributed by atoms with van der Waals surface area (Å²) < 4.78 is 13.0. The molecule has 2 N–H and O–H groups in total. The summed E-state index contributed by atoms with van der Waals surface area (Å²) in [6.07, 6.45) is 0. The zero-order chi connectivity index (χ0) is 14.9. The lowest BCUT2D eigenvalue weighted by atomic mass is 9.75. The van der Waals surface area contributed by atoms with Gasteiger partial charge in [0.05, 0.1) is 10.0 Å². The highest BCUT2D eigenvalue weighted by Gasteiger charge is 2.30. The first kappa shape index (κ1) is 15.3. The Kier molecular flexibility index (Phi) is 4.38. The average molecular weight is 312 g/mol. The number of benzene rings is 2. The van der Waals surface area contributed by atoms with Crippen molar-refractivity contribution in [1.29, 1.82) is 0 Å². The van der Waals surface area contributed by atoms with E-state index >= 15 is 0 Å². The molecule has 0 heterocycles. The van der Waals surface area contributed by atoms with Crippen molar-refractivity contribution < 1.29 is 4.39 Å². The van der Waals surface area contributed by atoms with Crippen LogP contribution in [0, 0.1) is 5.82 Å². The van der Waals surface area contributed by atoms with E-state index in [0.717, 1.165) is 11.1 Å². The molecule has 0 aromatic heterocycles. The zero-order valence-electron chi connectivity index (χ0n) is 11.3. The highest BCUT2D eigenvalue weighted by atomic mass is 35.5. The van der Waals surface area contributed by atoms with Crippen molar-refractivity contribution in [2.45, 2.75) is 25.3 Å². The Morgan fingerprint density at radius 2 is 1.60 bits per heavy atom. The van der Waals surface area contributed by atoms with E-state index in [2.05, 4.69) is 0 Å². The van der Waals surface area contributed by atoms with E-state index < -0.39 is 0 Å². The van der Waals surface area contributed by atoms with Gasteiger partial charge >= 0.3 is 0 Å². The zero-order valence-corrected chi connectivity index (χ0v) is 12.8. The molecular formula is C16H16Cl2FN. The third kappa shape index (κ3) is 2.98. The molecule has 1 atom stereocenters. The second-order valence-electron chi connectivity index (χ2n) is 5.38. The maximum absolute atomic E-state index is 13.0. The molecule has 0 spiro atoms. The lowest BCUT2D eigenvalue weighted by Gasteiger charge is -2.32. The van der Waals surface area contributed by atoms with Crippen LogP contribution in [0.1, 0.15) is 31.0 Å². The summed E-state index contributed by atoms with van der Waals surface area (Å²) in [5.41, 5.74) is 7.88. The molecule has 0 saturated carbocycles. The first-order valence-electron chi connectivity index (χ1n) is 6.29. The van der Waals surface area contributed by atoms with Crippen LogP contribution in [0.5, 0.6) is 0 Å². The van der Waals surface area contributed by atoms with Gasteiger partial charge in [-0.25, -0.2) is 4.39 Å². The van der Waals surface area contributed by atoms with Crippen LogP contribution >= 0.6 is 23.2 Å². The second-order valence-corrected chi connectivity index (χ2v) is 6.19. The Balaban J connectivity index is 2.37. The Morgan fingerprint density at radius 1 is 1.00 bits per heavy atom. The molecule has 2 aromatic rings. The van der Waals surface area contributed by atoms with Gasteiger partial charge in [-0.3, -0.25) is 0 Å². The van der Waals surface area contributed by atoms with Gasteiger partial charge in [-0.2, -0.15) is 0 Å². The molecule has 0 amide bonds. The quantitative estimate of drug-likeness (QED) is 0.837. The molecule has 0 aliphatic carbocycles. The molecule has 0 radical (unpaired) electrons. The monoisotopic (exact) mass is 311 g/mol. The standard InChI is InChI=1S/C16H16Cl2FN/c1-16(2,11-4-6-12(19)7-5-11)15(20)10-3-8-13(17)14(18)9-10/h3-9,15H,20H2,1-2H3. The smallest absolute Gasteiger partial charge is 0.123 e. The lowest BCUT2D eigenvalue weighted by molar-refractivity contribution is 0.420. The van der Waals surface area contributed by atoms with Crippen LogP contribution in [0.3, 0.4) is 0 Å². The molecule has 1 unspecified atom stereocenters. The van der Waals surface area contributed by atoms with Crippen molar-refractivity contribution in [1.82, 2.24) is 0 Å². The fourth-order valence-electron chi connectivity index (χ4n) is 2.18. The van der Waals surface area contributed by atoms with Gasteiger partial charge in [0, 0.05) is 11.5 Å². The Bertz CT molecular complexity index is 608. The highest BCUT2D eigenvalue weighted by Crippen LogP contribution is 2.37. The third-order valence-electron chi connectivity index (χ3n) is 3.67. The van der Waals surface area contributed by atoms with Crippen molar-refractivity contribution >= 4 is 23.2 Å². The molecule has 20 heavy (non-hydrogen) atoms. The number of nitrogens with two attached hydrogens (primary N) is 1. The predicted octanol–water partition coefficient (Wildman–Crippen LogP) is 5.11. The van der Waals surface area contributed by atoms with Gasteiger partial charge in [-0.15, -0.1) is 0 Å².